The van der Waals surface area contributed by atoms with Gasteiger partial charge in [0.2, 0.25) is 0 Å². The molecule has 2 rings (SSSR count). The zero-order valence-corrected chi connectivity index (χ0v) is 13.6. The molecule has 0 aliphatic rings. The lowest BCUT2D eigenvalue weighted by Gasteiger charge is -2.09. The first-order valence-electron chi connectivity index (χ1n) is 7.30. The molecule has 0 unspecified atom stereocenters. The highest BCUT2D eigenvalue weighted by molar-refractivity contribution is 6.31. The van der Waals surface area contributed by atoms with Crippen LogP contribution in [0.25, 0.3) is 0 Å². The molecular formula is C16H22ClN3O. The van der Waals surface area contributed by atoms with Crippen LogP contribution in [0.4, 0.5) is 0 Å². The molecule has 0 radical (unpaired) electrons. The predicted molar refractivity (Wildman–Crippen MR) is 85.8 cm³/mol. The van der Waals surface area contributed by atoms with Gasteiger partial charge in [0.15, 0.2) is 0 Å². The molecule has 5 heteroatoms. The lowest BCUT2D eigenvalue weighted by molar-refractivity contribution is 0.340. The Morgan fingerprint density at radius 1 is 1.29 bits per heavy atom. The van der Waals surface area contributed by atoms with Crippen LogP contribution in [0, 0.1) is 6.92 Å². The van der Waals surface area contributed by atoms with Crippen LogP contribution >= 0.6 is 11.6 Å². The van der Waals surface area contributed by atoms with E-state index in [1.807, 2.05) is 30.7 Å². The molecule has 0 atom stereocenters. The molecule has 1 aromatic heterocycles. The number of nitrogens with one attached hydrogen (secondary N) is 1. The van der Waals surface area contributed by atoms with E-state index >= 15 is 0 Å². The number of aromatic nitrogens is 2. The number of hydrogen-bond donors (Lipinski definition) is 1. The summed E-state index contributed by atoms with van der Waals surface area (Å²) in [6.07, 6.45) is 0. The van der Waals surface area contributed by atoms with Gasteiger partial charge in [0.05, 0.1) is 23.0 Å². The summed E-state index contributed by atoms with van der Waals surface area (Å²) < 4.78 is 7.45. The molecule has 0 saturated heterocycles. The fraction of sp³-hybridized carbons (Fsp3) is 0.438. The third kappa shape index (κ3) is 3.99. The molecule has 4 nitrogen and oxygen atoms in total. The number of benzene rings is 1. The third-order valence-corrected chi connectivity index (χ3v) is 3.78. The quantitative estimate of drug-likeness (QED) is 0.850. The second kappa shape index (κ2) is 7.48. The minimum absolute atomic E-state index is 0.682. The minimum Gasteiger partial charge on any atom is -0.494 e. The molecule has 1 N–H and O–H groups in total. The molecule has 0 saturated carbocycles. The number of halogens is 1. The molecule has 0 amide bonds. The van der Waals surface area contributed by atoms with Gasteiger partial charge >= 0.3 is 0 Å². The summed E-state index contributed by atoms with van der Waals surface area (Å²) >= 11 is 6.30. The highest BCUT2D eigenvalue weighted by atomic mass is 35.5. The van der Waals surface area contributed by atoms with Crippen molar-refractivity contribution in [3.63, 3.8) is 0 Å². The van der Waals surface area contributed by atoms with E-state index in [-0.39, 0.29) is 0 Å². The van der Waals surface area contributed by atoms with Gasteiger partial charge in [-0.3, -0.25) is 4.68 Å². The number of aryl methyl sites for hydroxylation is 2. The van der Waals surface area contributed by atoms with E-state index in [1.165, 1.54) is 5.56 Å². The second-order valence-electron chi connectivity index (χ2n) is 4.85. The summed E-state index contributed by atoms with van der Waals surface area (Å²) in [7, 11) is 0. The molecule has 114 valence electrons. The van der Waals surface area contributed by atoms with Gasteiger partial charge in [0.25, 0.3) is 0 Å². The second-order valence-corrected chi connectivity index (χ2v) is 5.22. The molecule has 0 fully saturated rings. The average Bonchev–Trinajstić information content (AvgIpc) is 2.76. The van der Waals surface area contributed by atoms with E-state index < -0.39 is 0 Å². The van der Waals surface area contributed by atoms with Crippen LogP contribution < -0.4 is 10.1 Å². The van der Waals surface area contributed by atoms with Crippen LogP contribution in [0.5, 0.6) is 5.75 Å². The monoisotopic (exact) mass is 307 g/mol. The summed E-state index contributed by atoms with van der Waals surface area (Å²) in [6, 6.07) is 8.12. The van der Waals surface area contributed by atoms with Crippen molar-refractivity contribution < 1.29 is 4.74 Å². The fourth-order valence-corrected chi connectivity index (χ4v) is 2.48. The number of hydrogen-bond acceptors (Lipinski definition) is 3. The largest absolute Gasteiger partial charge is 0.494 e. The van der Waals surface area contributed by atoms with Crippen molar-refractivity contribution in [3.05, 3.63) is 46.2 Å². The lowest BCUT2D eigenvalue weighted by atomic mass is 10.2. The van der Waals surface area contributed by atoms with Gasteiger partial charge in [-0.2, -0.15) is 5.10 Å². The van der Waals surface area contributed by atoms with E-state index in [2.05, 4.69) is 29.5 Å². The summed E-state index contributed by atoms with van der Waals surface area (Å²) in [4.78, 5) is 0. The normalized spacial score (nSPS) is 10.9. The highest BCUT2D eigenvalue weighted by Gasteiger charge is 2.11. The Morgan fingerprint density at radius 3 is 2.81 bits per heavy atom. The average molecular weight is 308 g/mol. The van der Waals surface area contributed by atoms with E-state index in [1.54, 1.807) is 0 Å². The predicted octanol–water partition coefficient (Wildman–Crippen LogP) is 3.55. The van der Waals surface area contributed by atoms with Crippen molar-refractivity contribution in [1.29, 1.82) is 0 Å². The van der Waals surface area contributed by atoms with Crippen molar-refractivity contribution in [2.24, 2.45) is 0 Å². The molecule has 0 spiro atoms. The van der Waals surface area contributed by atoms with Crippen molar-refractivity contribution in [2.45, 2.75) is 40.4 Å². The maximum Gasteiger partial charge on any atom is 0.119 e. The van der Waals surface area contributed by atoms with Gasteiger partial charge in [0, 0.05) is 19.6 Å². The van der Waals surface area contributed by atoms with Gasteiger partial charge in [-0.25, -0.2) is 0 Å². The Kier molecular flexibility index (Phi) is 5.65. The molecule has 0 aliphatic carbocycles. The van der Waals surface area contributed by atoms with Crippen LogP contribution in [-0.4, -0.2) is 16.4 Å². The topological polar surface area (TPSA) is 39.1 Å². The summed E-state index contributed by atoms with van der Waals surface area (Å²) in [6.45, 7) is 8.96. The first-order valence-corrected chi connectivity index (χ1v) is 7.67. The van der Waals surface area contributed by atoms with Gasteiger partial charge < -0.3 is 10.1 Å². The first-order chi connectivity index (χ1) is 10.2. The van der Waals surface area contributed by atoms with Gasteiger partial charge in [-0.15, -0.1) is 0 Å². The zero-order chi connectivity index (χ0) is 15.2. The fourth-order valence-electron chi connectivity index (χ4n) is 2.28. The van der Waals surface area contributed by atoms with Gasteiger partial charge in [-0.05, 0) is 38.5 Å². The maximum atomic E-state index is 6.30. The van der Waals surface area contributed by atoms with Gasteiger partial charge in [0.1, 0.15) is 5.75 Å². The van der Waals surface area contributed by atoms with E-state index in [4.69, 9.17) is 16.3 Å². The molecule has 21 heavy (non-hydrogen) atoms. The Morgan fingerprint density at radius 2 is 2.10 bits per heavy atom. The molecular weight excluding hydrogens is 286 g/mol. The SMILES string of the molecule is CCOc1cccc(CNCc2c(Cl)c(C)nn2CC)c1. The lowest BCUT2D eigenvalue weighted by Crippen LogP contribution is -2.16. The molecule has 2 aromatic rings. The smallest absolute Gasteiger partial charge is 0.119 e. The van der Waals surface area contributed by atoms with Crippen molar-refractivity contribution >= 4 is 11.6 Å². The molecule has 1 aromatic carbocycles. The molecule has 0 aliphatic heterocycles. The number of nitrogens with zero attached hydrogens (tertiary/aromatic N) is 2. The first kappa shape index (κ1) is 15.9. The Labute approximate surface area is 131 Å². The summed E-state index contributed by atoms with van der Waals surface area (Å²) in [5, 5.41) is 8.59. The van der Waals surface area contributed by atoms with E-state index in [9.17, 15) is 0 Å². The van der Waals surface area contributed by atoms with Crippen molar-refractivity contribution in [3.8, 4) is 5.75 Å². The van der Waals surface area contributed by atoms with Crippen LogP contribution in [0.1, 0.15) is 30.8 Å². The minimum atomic E-state index is 0.682. The zero-order valence-electron chi connectivity index (χ0n) is 12.8. The summed E-state index contributed by atoms with van der Waals surface area (Å²) in [5.74, 6) is 0.907. The third-order valence-electron chi connectivity index (χ3n) is 3.28. The van der Waals surface area contributed by atoms with Crippen LogP contribution in [0.2, 0.25) is 5.02 Å². The molecule has 1 heterocycles. The highest BCUT2D eigenvalue weighted by Crippen LogP contribution is 2.20. The summed E-state index contributed by atoms with van der Waals surface area (Å²) in [5.41, 5.74) is 3.11. The van der Waals surface area contributed by atoms with Crippen molar-refractivity contribution in [1.82, 2.24) is 15.1 Å². The number of rotatable bonds is 7. The Hall–Kier alpha value is -1.52. The standard InChI is InChI=1S/C16H22ClN3O/c1-4-20-15(16(17)12(3)19-20)11-18-10-13-7-6-8-14(9-13)21-5-2/h6-9,18H,4-5,10-11H2,1-3H3. The van der Waals surface area contributed by atoms with Crippen molar-refractivity contribution in [2.75, 3.05) is 6.61 Å². The molecule has 0 bridgehead atoms. The van der Waals surface area contributed by atoms with E-state index in [0.29, 0.717) is 13.2 Å². The maximum absolute atomic E-state index is 6.30. The van der Waals surface area contributed by atoms with Gasteiger partial charge in [-0.1, -0.05) is 23.7 Å². The Bertz CT molecular complexity index is 595. The number of ether oxygens (including phenoxy) is 1. The van der Waals surface area contributed by atoms with Crippen LogP contribution in [-0.2, 0) is 19.6 Å². The Balaban J connectivity index is 1.97. The van der Waals surface area contributed by atoms with E-state index in [0.717, 1.165) is 35.2 Å². The van der Waals surface area contributed by atoms with Crippen LogP contribution in [0.3, 0.4) is 0 Å². The van der Waals surface area contributed by atoms with Crippen LogP contribution in [0.15, 0.2) is 24.3 Å².